The van der Waals surface area contributed by atoms with Crippen LogP contribution in [0.25, 0.3) is 16.8 Å². The molecule has 0 aliphatic heterocycles. The number of nitrogens with one attached hydrogen (secondary N) is 1. The van der Waals surface area contributed by atoms with Crippen LogP contribution in [0.15, 0.2) is 84.0 Å². The number of halogens is 1. The van der Waals surface area contributed by atoms with Gasteiger partial charge in [0, 0.05) is 22.6 Å². The highest BCUT2D eigenvalue weighted by Gasteiger charge is 2.28. The second kappa shape index (κ2) is 9.31. The Bertz CT molecular complexity index is 1350. The molecule has 4 nitrogen and oxygen atoms in total. The van der Waals surface area contributed by atoms with Crippen molar-refractivity contribution in [2.75, 3.05) is 5.75 Å². The normalized spacial score (nSPS) is 12.7. The minimum atomic E-state index is -0.266. The lowest BCUT2D eigenvalue weighted by molar-refractivity contribution is -0.118. The lowest BCUT2D eigenvalue weighted by Gasteiger charge is -2.12. The minimum absolute atomic E-state index is 0.136. The third-order valence-corrected chi connectivity index (χ3v) is 7.38. The van der Waals surface area contributed by atoms with Gasteiger partial charge in [-0.3, -0.25) is 4.79 Å². The summed E-state index contributed by atoms with van der Waals surface area (Å²) in [5, 5.41) is 4.32. The molecule has 5 rings (SSSR count). The maximum Gasteiger partial charge on any atom is 0.250 e. The smallest absolute Gasteiger partial charge is 0.250 e. The zero-order valence-corrected chi connectivity index (χ0v) is 19.8. The lowest BCUT2D eigenvalue weighted by atomic mass is 10.1. The number of hydrogen-bond donors (Lipinski definition) is 1. The Morgan fingerprint density at radius 1 is 1.00 bits per heavy atom. The van der Waals surface area contributed by atoms with E-state index in [9.17, 15) is 9.18 Å². The summed E-state index contributed by atoms with van der Waals surface area (Å²) in [4.78, 5) is 12.5. The van der Waals surface area contributed by atoms with E-state index in [1.54, 1.807) is 30.1 Å². The average molecular weight is 470 g/mol. The number of fused-ring (bicyclic) bond motifs is 3. The number of rotatable bonds is 6. The van der Waals surface area contributed by atoms with E-state index in [0.29, 0.717) is 5.75 Å². The van der Waals surface area contributed by atoms with E-state index in [1.807, 2.05) is 36.6 Å². The molecule has 0 fully saturated rings. The van der Waals surface area contributed by atoms with Crippen molar-refractivity contribution in [1.82, 2.24) is 9.99 Å². The number of amides is 1. The summed E-state index contributed by atoms with van der Waals surface area (Å²) >= 11 is 1.61. The molecule has 0 bridgehead atoms. The zero-order chi connectivity index (χ0) is 23.7. The average Bonchev–Trinajstić information content (AvgIpc) is 3.32. The van der Waals surface area contributed by atoms with Crippen LogP contribution in [0.5, 0.6) is 0 Å². The molecular weight excluding hydrogens is 445 g/mol. The first-order valence-corrected chi connectivity index (χ1v) is 12.1. The van der Waals surface area contributed by atoms with Crippen LogP contribution in [0.1, 0.15) is 33.3 Å². The molecule has 1 aliphatic carbocycles. The Labute approximate surface area is 202 Å². The number of hydrazone groups is 1. The molecule has 0 radical (unpaired) electrons. The Hall–Kier alpha value is -3.64. The van der Waals surface area contributed by atoms with Crippen LogP contribution in [0, 0.1) is 19.7 Å². The molecular formula is C28H24FN3OS. The van der Waals surface area contributed by atoms with Gasteiger partial charge in [-0.05, 0) is 66.4 Å². The van der Waals surface area contributed by atoms with Crippen molar-refractivity contribution in [2.45, 2.75) is 19.1 Å². The summed E-state index contributed by atoms with van der Waals surface area (Å²) < 4.78 is 15.3. The molecule has 0 saturated carbocycles. The van der Waals surface area contributed by atoms with Crippen molar-refractivity contribution in [3.8, 4) is 16.8 Å². The van der Waals surface area contributed by atoms with Crippen LogP contribution in [0.3, 0.4) is 0 Å². The first-order chi connectivity index (χ1) is 16.5. The van der Waals surface area contributed by atoms with E-state index < -0.39 is 0 Å². The maximum absolute atomic E-state index is 13.3. The summed E-state index contributed by atoms with van der Waals surface area (Å²) in [5.74, 6) is -0.104. The highest BCUT2D eigenvalue weighted by molar-refractivity contribution is 8.00. The van der Waals surface area contributed by atoms with Gasteiger partial charge in [0.15, 0.2) is 0 Å². The number of aryl methyl sites for hydroxylation is 1. The molecule has 1 amide bonds. The first kappa shape index (κ1) is 22.2. The quantitative estimate of drug-likeness (QED) is 0.270. The van der Waals surface area contributed by atoms with E-state index in [0.717, 1.165) is 22.6 Å². The molecule has 0 atom stereocenters. The molecule has 170 valence electrons. The second-order valence-corrected chi connectivity index (χ2v) is 9.39. The molecule has 6 heteroatoms. The summed E-state index contributed by atoms with van der Waals surface area (Å²) in [7, 11) is 0. The molecule has 0 spiro atoms. The topological polar surface area (TPSA) is 46.4 Å². The number of nitrogens with zero attached hydrogens (tertiary/aromatic N) is 2. The molecule has 34 heavy (non-hydrogen) atoms. The molecule has 1 N–H and O–H groups in total. The van der Waals surface area contributed by atoms with Gasteiger partial charge >= 0.3 is 0 Å². The lowest BCUT2D eigenvalue weighted by Crippen LogP contribution is -2.20. The number of carbonyl (C=O) groups excluding carboxylic acids is 1. The Morgan fingerprint density at radius 2 is 1.62 bits per heavy atom. The van der Waals surface area contributed by atoms with Crippen LogP contribution in [-0.4, -0.2) is 22.4 Å². The molecule has 3 aromatic carbocycles. The van der Waals surface area contributed by atoms with E-state index in [2.05, 4.69) is 46.9 Å². The van der Waals surface area contributed by atoms with Gasteiger partial charge in [0.1, 0.15) is 5.82 Å². The van der Waals surface area contributed by atoms with Crippen molar-refractivity contribution in [3.63, 3.8) is 0 Å². The Balaban J connectivity index is 1.24. The van der Waals surface area contributed by atoms with Gasteiger partial charge in [-0.2, -0.15) is 5.10 Å². The molecule has 4 aromatic rings. The van der Waals surface area contributed by atoms with Crippen LogP contribution >= 0.6 is 11.8 Å². The predicted molar refractivity (Wildman–Crippen MR) is 137 cm³/mol. The van der Waals surface area contributed by atoms with Gasteiger partial charge in [0.25, 0.3) is 0 Å². The van der Waals surface area contributed by atoms with Gasteiger partial charge in [-0.1, -0.05) is 48.5 Å². The highest BCUT2D eigenvalue weighted by Crippen LogP contribution is 2.49. The molecule has 1 aliphatic rings. The first-order valence-electron chi connectivity index (χ1n) is 11.1. The van der Waals surface area contributed by atoms with Crippen molar-refractivity contribution in [3.05, 3.63) is 113 Å². The fourth-order valence-electron chi connectivity index (χ4n) is 4.56. The highest BCUT2D eigenvalue weighted by atomic mass is 32.2. The largest absolute Gasteiger partial charge is 0.318 e. The monoisotopic (exact) mass is 469 g/mol. The van der Waals surface area contributed by atoms with Crippen LogP contribution in [-0.2, 0) is 4.79 Å². The fourth-order valence-corrected chi connectivity index (χ4v) is 5.71. The molecule has 1 heterocycles. The van der Waals surface area contributed by atoms with E-state index in [-0.39, 0.29) is 17.0 Å². The van der Waals surface area contributed by atoms with Crippen molar-refractivity contribution in [1.29, 1.82) is 0 Å². The van der Waals surface area contributed by atoms with E-state index in [1.165, 1.54) is 34.4 Å². The van der Waals surface area contributed by atoms with Crippen molar-refractivity contribution >= 4 is 23.9 Å². The second-order valence-electron chi connectivity index (χ2n) is 8.30. The fraction of sp³-hybridized carbons (Fsp3) is 0.143. The molecule has 1 aromatic heterocycles. The maximum atomic E-state index is 13.3. The number of carbonyl (C=O) groups is 1. The van der Waals surface area contributed by atoms with Crippen molar-refractivity contribution in [2.24, 2.45) is 5.10 Å². The summed E-state index contributed by atoms with van der Waals surface area (Å²) in [6.45, 7) is 3.96. The molecule has 0 unspecified atom stereocenters. The summed E-state index contributed by atoms with van der Waals surface area (Å²) in [6, 6.07) is 25.1. The number of hydrogen-bond acceptors (Lipinski definition) is 3. The van der Waals surface area contributed by atoms with Crippen LogP contribution in [0.2, 0.25) is 0 Å². The molecule has 0 saturated heterocycles. The van der Waals surface area contributed by atoms with Crippen molar-refractivity contribution < 1.29 is 9.18 Å². The van der Waals surface area contributed by atoms with Gasteiger partial charge < -0.3 is 4.57 Å². The summed E-state index contributed by atoms with van der Waals surface area (Å²) in [5.41, 5.74) is 11.4. The minimum Gasteiger partial charge on any atom is -0.318 e. The zero-order valence-electron chi connectivity index (χ0n) is 19.0. The number of aromatic nitrogens is 1. The van der Waals surface area contributed by atoms with Crippen LogP contribution in [0.4, 0.5) is 4.39 Å². The predicted octanol–water partition coefficient (Wildman–Crippen LogP) is 6.19. The third-order valence-electron chi connectivity index (χ3n) is 6.11. The van der Waals surface area contributed by atoms with Gasteiger partial charge in [-0.25, -0.2) is 9.82 Å². The van der Waals surface area contributed by atoms with Gasteiger partial charge in [0.05, 0.1) is 17.2 Å². The SMILES string of the molecule is Cc1cc(/C=N\NC(=O)CSC2c3ccccc3-c3ccccc32)c(C)n1-c1ccc(F)cc1. The van der Waals surface area contributed by atoms with Gasteiger partial charge in [0.2, 0.25) is 5.91 Å². The standard InChI is InChI=1S/C28H24FN3OS/c1-18-15-20(19(2)32(18)22-13-11-21(29)12-14-22)16-30-31-27(33)17-34-28-25-9-5-3-7-23(25)24-8-4-6-10-26(24)28/h3-16,28H,17H2,1-2H3,(H,31,33)/b30-16-. The number of thioether (sulfide) groups is 1. The Morgan fingerprint density at radius 3 is 2.26 bits per heavy atom. The van der Waals surface area contributed by atoms with E-state index in [4.69, 9.17) is 0 Å². The van der Waals surface area contributed by atoms with Crippen LogP contribution < -0.4 is 5.43 Å². The van der Waals surface area contributed by atoms with Gasteiger partial charge in [-0.15, -0.1) is 11.8 Å². The van der Waals surface area contributed by atoms with E-state index >= 15 is 0 Å². The third kappa shape index (κ3) is 4.17. The number of benzene rings is 3. The Kier molecular flexibility index (Phi) is 6.07. The summed E-state index contributed by atoms with van der Waals surface area (Å²) in [6.07, 6.45) is 1.66.